The molecule has 2 fully saturated rings. The van der Waals surface area contributed by atoms with Crippen molar-refractivity contribution in [1.29, 1.82) is 0 Å². The van der Waals surface area contributed by atoms with Crippen LogP contribution >= 0.6 is 0 Å². The highest BCUT2D eigenvalue weighted by atomic mass is 16.7. The molecule has 3 rings (SSSR count). The van der Waals surface area contributed by atoms with Crippen LogP contribution in [0.4, 0.5) is 0 Å². The summed E-state index contributed by atoms with van der Waals surface area (Å²) in [4.78, 5) is 0. The number of nitrogens with one attached hydrogen (secondary N) is 1. The first-order chi connectivity index (χ1) is 11.8. The molecule has 2 aliphatic heterocycles. The van der Waals surface area contributed by atoms with E-state index in [9.17, 15) is 0 Å². The van der Waals surface area contributed by atoms with E-state index < -0.39 is 0 Å². The van der Waals surface area contributed by atoms with E-state index in [-0.39, 0.29) is 18.3 Å². The van der Waals surface area contributed by atoms with Crippen molar-refractivity contribution < 1.29 is 18.8 Å². The normalized spacial score (nSPS) is 23.0. The van der Waals surface area contributed by atoms with Gasteiger partial charge in [0, 0.05) is 31.4 Å². The van der Waals surface area contributed by atoms with Gasteiger partial charge in [-0.25, -0.2) is 0 Å². The molecule has 0 amide bonds. The molecular weight excluding hydrogens is 317 g/mol. The number of hydrogen-bond acceptors (Lipinski definition) is 5. The molecule has 1 aromatic carbocycles. The minimum absolute atomic E-state index is 0.339. The van der Waals surface area contributed by atoms with E-state index in [4.69, 9.17) is 18.8 Å². The summed E-state index contributed by atoms with van der Waals surface area (Å²) in [7, 11) is 1.35. The fourth-order valence-corrected chi connectivity index (χ4v) is 3.19. The van der Waals surface area contributed by atoms with E-state index in [0.29, 0.717) is 6.04 Å². The third-order valence-electron chi connectivity index (χ3n) is 5.64. The highest BCUT2D eigenvalue weighted by molar-refractivity contribution is 6.62. The van der Waals surface area contributed by atoms with Crippen LogP contribution in [0.3, 0.4) is 0 Å². The van der Waals surface area contributed by atoms with Gasteiger partial charge in [-0.2, -0.15) is 0 Å². The van der Waals surface area contributed by atoms with Crippen molar-refractivity contribution in [3.05, 3.63) is 23.8 Å². The average molecular weight is 347 g/mol. The predicted octanol–water partition coefficient (Wildman–Crippen LogP) is 2.26. The van der Waals surface area contributed by atoms with Gasteiger partial charge in [-0.15, -0.1) is 0 Å². The summed E-state index contributed by atoms with van der Waals surface area (Å²) in [6.07, 6.45) is 2.13. The number of rotatable bonds is 5. The summed E-state index contributed by atoms with van der Waals surface area (Å²) >= 11 is 0. The molecule has 0 aromatic heterocycles. The zero-order valence-corrected chi connectivity index (χ0v) is 16.1. The zero-order valence-electron chi connectivity index (χ0n) is 16.1. The van der Waals surface area contributed by atoms with Gasteiger partial charge >= 0.3 is 7.12 Å². The summed E-state index contributed by atoms with van der Waals surface area (Å²) in [6.45, 7) is 10.7. The molecule has 0 saturated carbocycles. The molecule has 0 aliphatic carbocycles. The van der Waals surface area contributed by atoms with Gasteiger partial charge in [0.1, 0.15) is 5.75 Å². The lowest BCUT2D eigenvalue weighted by molar-refractivity contribution is 0.00578. The summed E-state index contributed by atoms with van der Waals surface area (Å²) in [5.74, 6) is 0.867. The summed E-state index contributed by atoms with van der Waals surface area (Å²) in [6, 6.07) is 6.72. The molecule has 0 unspecified atom stereocenters. The first-order valence-corrected chi connectivity index (χ1v) is 9.16. The monoisotopic (exact) mass is 347 g/mol. The maximum Gasteiger partial charge on any atom is 0.494 e. The molecule has 5 nitrogen and oxygen atoms in total. The summed E-state index contributed by atoms with van der Waals surface area (Å²) in [5, 5.41) is 3.61. The maximum atomic E-state index is 6.14. The summed E-state index contributed by atoms with van der Waals surface area (Å²) in [5.41, 5.74) is 1.46. The second-order valence-corrected chi connectivity index (χ2v) is 7.93. The third-order valence-corrected chi connectivity index (χ3v) is 5.64. The molecule has 2 saturated heterocycles. The van der Waals surface area contributed by atoms with Gasteiger partial charge in [-0.1, -0.05) is 12.1 Å². The van der Waals surface area contributed by atoms with Crippen LogP contribution in [-0.4, -0.2) is 44.7 Å². The molecule has 1 aromatic rings. The van der Waals surface area contributed by atoms with E-state index in [2.05, 4.69) is 45.1 Å². The minimum Gasteiger partial charge on any atom is -0.496 e. The Hall–Kier alpha value is -1.08. The topological polar surface area (TPSA) is 49.0 Å². The van der Waals surface area contributed by atoms with Crippen LogP contribution in [0.25, 0.3) is 0 Å². The first-order valence-electron chi connectivity index (χ1n) is 9.16. The van der Waals surface area contributed by atoms with Crippen LogP contribution in [0.1, 0.15) is 46.1 Å². The van der Waals surface area contributed by atoms with Crippen LogP contribution in [0, 0.1) is 0 Å². The van der Waals surface area contributed by atoms with Crippen molar-refractivity contribution >= 4 is 12.6 Å². The number of ether oxygens (including phenoxy) is 2. The second kappa shape index (κ2) is 7.27. The first kappa shape index (κ1) is 18.7. The maximum absolute atomic E-state index is 6.14. The molecule has 0 bridgehead atoms. The van der Waals surface area contributed by atoms with E-state index in [1.807, 2.05) is 6.07 Å². The Morgan fingerprint density at radius 3 is 2.36 bits per heavy atom. The lowest BCUT2D eigenvalue weighted by Crippen LogP contribution is -2.41. The molecule has 0 atom stereocenters. The Morgan fingerprint density at radius 2 is 1.76 bits per heavy atom. The van der Waals surface area contributed by atoms with Gasteiger partial charge in [0.15, 0.2) is 0 Å². The van der Waals surface area contributed by atoms with Gasteiger partial charge < -0.3 is 24.1 Å². The molecule has 2 aliphatic rings. The number of benzene rings is 1. The fourth-order valence-electron chi connectivity index (χ4n) is 3.19. The van der Waals surface area contributed by atoms with E-state index in [1.54, 1.807) is 7.11 Å². The minimum atomic E-state index is -0.364. The van der Waals surface area contributed by atoms with Gasteiger partial charge in [0.2, 0.25) is 0 Å². The van der Waals surface area contributed by atoms with Crippen molar-refractivity contribution in [2.24, 2.45) is 0 Å². The van der Waals surface area contributed by atoms with Crippen molar-refractivity contribution in [2.45, 2.75) is 64.3 Å². The van der Waals surface area contributed by atoms with E-state index >= 15 is 0 Å². The van der Waals surface area contributed by atoms with Crippen LogP contribution < -0.4 is 15.5 Å². The van der Waals surface area contributed by atoms with Gasteiger partial charge in [0.25, 0.3) is 0 Å². The van der Waals surface area contributed by atoms with E-state index in [1.165, 1.54) is 0 Å². The molecule has 6 heteroatoms. The summed E-state index contributed by atoms with van der Waals surface area (Å²) < 4.78 is 23.3. The van der Waals surface area contributed by atoms with Gasteiger partial charge in [-0.05, 0) is 52.1 Å². The predicted molar refractivity (Wildman–Crippen MR) is 99.4 cm³/mol. The molecule has 2 heterocycles. The Bertz CT molecular complexity index is 583. The Balaban J connectivity index is 1.69. The molecule has 0 spiro atoms. The van der Waals surface area contributed by atoms with Gasteiger partial charge in [-0.3, -0.25) is 0 Å². The second-order valence-electron chi connectivity index (χ2n) is 7.93. The van der Waals surface area contributed by atoms with Crippen molar-refractivity contribution in [2.75, 3.05) is 20.3 Å². The Labute approximate surface area is 151 Å². The van der Waals surface area contributed by atoms with Crippen molar-refractivity contribution in [3.8, 4) is 5.75 Å². The largest absolute Gasteiger partial charge is 0.496 e. The molecule has 25 heavy (non-hydrogen) atoms. The lowest BCUT2D eigenvalue weighted by atomic mass is 9.78. The molecule has 138 valence electrons. The average Bonchev–Trinajstić information content (AvgIpc) is 2.81. The van der Waals surface area contributed by atoms with Crippen LogP contribution in [0.15, 0.2) is 18.2 Å². The van der Waals surface area contributed by atoms with Crippen molar-refractivity contribution in [3.63, 3.8) is 0 Å². The van der Waals surface area contributed by atoms with Crippen molar-refractivity contribution in [1.82, 2.24) is 5.32 Å². The fraction of sp³-hybridized carbons (Fsp3) is 0.684. The Morgan fingerprint density at radius 1 is 1.12 bits per heavy atom. The van der Waals surface area contributed by atoms with E-state index in [0.717, 1.165) is 49.4 Å². The van der Waals surface area contributed by atoms with Crippen LogP contribution in [-0.2, 0) is 20.6 Å². The molecule has 1 N–H and O–H groups in total. The standard InChI is InChI=1S/C19H30BNO4/c1-18(2)19(3,4)25-20(24-18)15-7-6-14(17(12-15)22-5)13-21-16-8-10-23-11-9-16/h6-7,12,16,21H,8-11,13H2,1-5H3. The Kier molecular flexibility index (Phi) is 5.44. The van der Waals surface area contributed by atoms with Gasteiger partial charge in [0.05, 0.1) is 18.3 Å². The third kappa shape index (κ3) is 4.03. The lowest BCUT2D eigenvalue weighted by Gasteiger charge is -2.32. The zero-order chi connectivity index (χ0) is 18.1. The smallest absolute Gasteiger partial charge is 0.494 e. The highest BCUT2D eigenvalue weighted by Crippen LogP contribution is 2.36. The SMILES string of the molecule is COc1cc(B2OC(C)(C)C(C)(C)O2)ccc1CNC1CCOCC1. The van der Waals surface area contributed by atoms with Crippen LogP contribution in [0.2, 0.25) is 0 Å². The molecular formula is C19H30BNO4. The number of methoxy groups -OCH3 is 1. The quantitative estimate of drug-likeness (QED) is 0.828. The number of hydrogen-bond donors (Lipinski definition) is 1. The highest BCUT2D eigenvalue weighted by Gasteiger charge is 2.51. The van der Waals surface area contributed by atoms with Crippen LogP contribution in [0.5, 0.6) is 5.75 Å². The molecule has 0 radical (unpaired) electrons.